The number of non-ortho nitro benzene ring substituents is 1. The number of hydrazine groups is 1. The minimum absolute atomic E-state index is 0.0406. The van der Waals surface area contributed by atoms with E-state index >= 15 is 0 Å². The molecule has 0 bridgehead atoms. The van der Waals surface area contributed by atoms with Crippen LogP contribution in [0.2, 0.25) is 0 Å². The number of nitrogens with zero attached hydrogens (tertiary/aromatic N) is 3. The van der Waals surface area contributed by atoms with E-state index in [1.165, 1.54) is 24.3 Å². The van der Waals surface area contributed by atoms with Crippen LogP contribution < -0.4 is 0 Å². The number of carbonyl (C=O) groups excluding carboxylic acids is 4. The lowest BCUT2D eigenvalue weighted by atomic mass is 9.85. The van der Waals surface area contributed by atoms with Crippen molar-refractivity contribution >= 4 is 29.2 Å². The summed E-state index contributed by atoms with van der Waals surface area (Å²) in [6.45, 7) is -0.647. The average molecular weight is 451 g/mol. The summed E-state index contributed by atoms with van der Waals surface area (Å²) in [5, 5.41) is 12.4. The Balaban J connectivity index is 1.68. The molecule has 2 aromatic carbocycles. The predicted octanol–water partition coefficient (Wildman–Crippen LogP) is 2.93. The quantitative estimate of drug-likeness (QED) is 0.219. The summed E-state index contributed by atoms with van der Waals surface area (Å²) in [4.78, 5) is 62.6. The van der Waals surface area contributed by atoms with Crippen LogP contribution in [0.15, 0.2) is 60.7 Å². The number of halogens is 1. The fourth-order valence-corrected chi connectivity index (χ4v) is 3.99. The number of nitro benzene ring substituents is 1. The molecule has 1 aliphatic heterocycles. The second-order valence-electron chi connectivity index (χ2n) is 7.74. The van der Waals surface area contributed by atoms with Crippen LogP contribution in [-0.4, -0.2) is 45.0 Å². The molecule has 0 spiro atoms. The molecule has 0 radical (unpaired) electrons. The number of nitro groups is 1. The lowest BCUT2D eigenvalue weighted by Gasteiger charge is -2.30. The van der Waals surface area contributed by atoms with Gasteiger partial charge in [0.05, 0.1) is 16.8 Å². The van der Waals surface area contributed by atoms with Gasteiger partial charge in [-0.2, -0.15) is 5.01 Å². The van der Waals surface area contributed by atoms with Gasteiger partial charge in [0.2, 0.25) is 0 Å². The molecule has 2 aliphatic rings. The van der Waals surface area contributed by atoms with Gasteiger partial charge in [0.1, 0.15) is 12.4 Å². The third kappa shape index (κ3) is 4.14. The minimum Gasteiger partial charge on any atom is -0.292 e. The highest BCUT2D eigenvalue weighted by molar-refractivity contribution is 6.09. The number of ketones is 1. The van der Waals surface area contributed by atoms with Crippen molar-refractivity contribution in [2.45, 2.75) is 12.8 Å². The Morgan fingerprint density at radius 3 is 1.97 bits per heavy atom. The van der Waals surface area contributed by atoms with Gasteiger partial charge in [0, 0.05) is 23.3 Å². The van der Waals surface area contributed by atoms with Gasteiger partial charge in [0.25, 0.3) is 23.4 Å². The van der Waals surface area contributed by atoms with Crippen LogP contribution in [0.3, 0.4) is 0 Å². The van der Waals surface area contributed by atoms with Crippen molar-refractivity contribution in [1.29, 1.82) is 0 Å². The molecule has 2 aromatic rings. The molecule has 10 heteroatoms. The monoisotopic (exact) mass is 451 g/mol. The van der Waals surface area contributed by atoms with Crippen LogP contribution in [0.25, 0.3) is 0 Å². The highest BCUT2D eigenvalue weighted by Gasteiger charge is 2.51. The maximum Gasteiger partial charge on any atom is 0.273 e. The number of rotatable bonds is 6. The lowest BCUT2D eigenvalue weighted by molar-refractivity contribution is -0.384. The maximum atomic E-state index is 13.3. The van der Waals surface area contributed by atoms with Crippen LogP contribution in [0.5, 0.6) is 0 Å². The van der Waals surface area contributed by atoms with Gasteiger partial charge < -0.3 is 0 Å². The number of fused-ring (bicyclic) bond motifs is 1. The molecule has 1 aliphatic carbocycles. The topological polar surface area (TPSA) is 118 Å². The van der Waals surface area contributed by atoms with Crippen molar-refractivity contribution in [2.75, 3.05) is 6.54 Å². The summed E-state index contributed by atoms with van der Waals surface area (Å²) in [6.07, 6.45) is 4.28. The summed E-state index contributed by atoms with van der Waals surface area (Å²) in [6, 6.07) is 9.26. The highest BCUT2D eigenvalue weighted by Crippen LogP contribution is 2.36. The van der Waals surface area contributed by atoms with Gasteiger partial charge in [-0.3, -0.25) is 29.3 Å². The van der Waals surface area contributed by atoms with Gasteiger partial charge in [0.15, 0.2) is 5.78 Å². The van der Waals surface area contributed by atoms with E-state index in [1.54, 1.807) is 12.2 Å². The lowest BCUT2D eigenvalue weighted by Crippen LogP contribution is -2.52. The molecule has 1 fully saturated rings. The standard InChI is InChI=1S/C23H18FN3O6/c24-16-9-5-14(6-10-16)20(28)13-25(21(29)15-7-11-17(12-8-15)27(32)33)26-22(30)18-3-1-2-4-19(18)23(26)31/h1-2,5-12,18-19H,3-4,13H2/t18-,19+. The zero-order chi connectivity index (χ0) is 23.7. The van der Waals surface area contributed by atoms with Crippen molar-refractivity contribution in [3.05, 3.63) is 87.7 Å². The Morgan fingerprint density at radius 1 is 0.939 bits per heavy atom. The summed E-state index contributed by atoms with van der Waals surface area (Å²) in [5.74, 6) is -4.43. The highest BCUT2D eigenvalue weighted by atomic mass is 19.1. The molecule has 33 heavy (non-hydrogen) atoms. The molecule has 1 heterocycles. The van der Waals surface area contributed by atoms with E-state index in [9.17, 15) is 33.7 Å². The second kappa shape index (κ2) is 8.73. The van der Waals surface area contributed by atoms with Crippen LogP contribution in [-0.2, 0) is 9.59 Å². The number of hydrogen-bond donors (Lipinski definition) is 0. The summed E-state index contributed by atoms with van der Waals surface area (Å²) >= 11 is 0. The van der Waals surface area contributed by atoms with Gasteiger partial charge in [-0.25, -0.2) is 9.40 Å². The minimum atomic E-state index is -0.839. The number of imide groups is 1. The van der Waals surface area contributed by atoms with E-state index in [2.05, 4.69) is 0 Å². The zero-order valence-electron chi connectivity index (χ0n) is 17.2. The molecule has 3 amide bonds. The van der Waals surface area contributed by atoms with Gasteiger partial charge in [-0.15, -0.1) is 0 Å². The van der Waals surface area contributed by atoms with Crippen molar-refractivity contribution in [3.63, 3.8) is 0 Å². The van der Waals surface area contributed by atoms with Crippen LogP contribution in [0.1, 0.15) is 33.6 Å². The third-order valence-electron chi connectivity index (χ3n) is 5.74. The Kier molecular flexibility index (Phi) is 5.82. The SMILES string of the molecule is O=C(CN(C(=O)c1ccc([N+](=O)[O-])cc1)N1C(=O)[C@H]2CC=CC[C@H]2C1=O)c1ccc(F)cc1. The summed E-state index contributed by atoms with van der Waals surface area (Å²) in [7, 11) is 0. The molecule has 9 nitrogen and oxygen atoms in total. The van der Waals surface area contributed by atoms with Gasteiger partial charge in [-0.05, 0) is 49.2 Å². The Hall–Kier alpha value is -4.21. The van der Waals surface area contributed by atoms with E-state index in [-0.39, 0.29) is 16.8 Å². The largest absolute Gasteiger partial charge is 0.292 e. The number of allylic oxidation sites excluding steroid dienone is 2. The Morgan fingerprint density at radius 2 is 1.45 bits per heavy atom. The van der Waals surface area contributed by atoms with Crippen LogP contribution in [0.4, 0.5) is 10.1 Å². The van der Waals surface area contributed by atoms with Crippen LogP contribution >= 0.6 is 0 Å². The van der Waals surface area contributed by atoms with Crippen molar-refractivity contribution < 1.29 is 28.5 Å². The van der Waals surface area contributed by atoms with Gasteiger partial charge >= 0.3 is 0 Å². The first-order valence-corrected chi connectivity index (χ1v) is 10.2. The van der Waals surface area contributed by atoms with E-state index in [1.807, 2.05) is 0 Å². The van der Waals surface area contributed by atoms with E-state index in [4.69, 9.17) is 0 Å². The predicted molar refractivity (Wildman–Crippen MR) is 112 cm³/mol. The van der Waals surface area contributed by atoms with E-state index in [0.29, 0.717) is 17.9 Å². The van der Waals surface area contributed by atoms with Crippen molar-refractivity contribution in [1.82, 2.24) is 10.0 Å². The first-order valence-electron chi connectivity index (χ1n) is 10.2. The molecule has 0 saturated carbocycles. The molecular formula is C23H18FN3O6. The van der Waals surface area contributed by atoms with Crippen molar-refractivity contribution in [3.8, 4) is 0 Å². The average Bonchev–Trinajstić information content (AvgIpc) is 3.07. The second-order valence-corrected chi connectivity index (χ2v) is 7.74. The fraction of sp³-hybridized carbons (Fsp3) is 0.217. The molecule has 1 saturated heterocycles. The molecule has 168 valence electrons. The number of Topliss-reactive ketones (excluding diaryl/α,β-unsaturated/α-hetero) is 1. The summed E-state index contributed by atoms with van der Waals surface area (Å²) in [5.41, 5.74) is -0.192. The number of carbonyl (C=O) groups is 4. The number of hydrogen-bond acceptors (Lipinski definition) is 6. The molecule has 4 rings (SSSR count). The first kappa shape index (κ1) is 22.0. The Labute approximate surface area is 187 Å². The molecular weight excluding hydrogens is 433 g/mol. The zero-order valence-corrected chi connectivity index (χ0v) is 17.2. The molecule has 0 N–H and O–H groups in total. The van der Waals surface area contributed by atoms with Gasteiger partial charge in [-0.1, -0.05) is 12.2 Å². The third-order valence-corrected chi connectivity index (χ3v) is 5.74. The maximum absolute atomic E-state index is 13.3. The van der Waals surface area contributed by atoms with E-state index < -0.39 is 52.6 Å². The number of amides is 3. The fourth-order valence-electron chi connectivity index (χ4n) is 3.99. The first-order chi connectivity index (χ1) is 15.8. The normalized spacial score (nSPS) is 19.4. The number of benzene rings is 2. The molecule has 0 unspecified atom stereocenters. The molecule has 0 aromatic heterocycles. The van der Waals surface area contributed by atoms with E-state index in [0.717, 1.165) is 29.3 Å². The van der Waals surface area contributed by atoms with Crippen LogP contribution in [0, 0.1) is 27.8 Å². The smallest absolute Gasteiger partial charge is 0.273 e. The Bertz CT molecular complexity index is 1150. The van der Waals surface area contributed by atoms with Crippen molar-refractivity contribution in [2.24, 2.45) is 11.8 Å². The molecule has 2 atom stereocenters. The summed E-state index contributed by atoms with van der Waals surface area (Å²) < 4.78 is 13.2.